The van der Waals surface area contributed by atoms with Crippen molar-refractivity contribution in [3.05, 3.63) is 0 Å². The van der Waals surface area contributed by atoms with Crippen molar-refractivity contribution in [1.29, 1.82) is 0 Å². The summed E-state index contributed by atoms with van der Waals surface area (Å²) < 4.78 is 5.45. The second kappa shape index (κ2) is 4.76. The molecule has 0 bridgehead atoms. The molecule has 1 aliphatic rings. The first-order valence-corrected chi connectivity index (χ1v) is 5.04. The highest BCUT2D eigenvalue weighted by Crippen LogP contribution is 2.29. The molecule has 0 aromatic rings. The Balaban J connectivity index is 1.82. The van der Waals surface area contributed by atoms with Crippen molar-refractivity contribution < 1.29 is 4.74 Å². The summed E-state index contributed by atoms with van der Waals surface area (Å²) in [6, 6.07) is 0. The third-order valence-electron chi connectivity index (χ3n) is 2.43. The van der Waals surface area contributed by atoms with E-state index in [1.807, 2.05) is 0 Å². The van der Waals surface area contributed by atoms with Crippen LogP contribution in [0.1, 0.15) is 52.4 Å². The summed E-state index contributed by atoms with van der Waals surface area (Å²) in [5, 5.41) is 0. The molecule has 0 radical (unpaired) electrons. The van der Waals surface area contributed by atoms with E-state index in [4.69, 9.17) is 4.74 Å². The van der Waals surface area contributed by atoms with Crippen LogP contribution in [0.4, 0.5) is 0 Å². The van der Waals surface area contributed by atoms with Gasteiger partial charge in [0.05, 0.1) is 12.2 Å². The lowest BCUT2D eigenvalue weighted by Gasteiger charge is -1.94. The van der Waals surface area contributed by atoms with Gasteiger partial charge in [-0.25, -0.2) is 0 Å². The molecule has 0 unspecified atom stereocenters. The Morgan fingerprint density at radius 2 is 1.82 bits per heavy atom. The number of unbranched alkanes of at least 4 members (excludes halogenated alkanes) is 3. The highest BCUT2D eigenvalue weighted by atomic mass is 16.6. The van der Waals surface area contributed by atoms with Gasteiger partial charge >= 0.3 is 0 Å². The van der Waals surface area contributed by atoms with Gasteiger partial charge in [-0.2, -0.15) is 0 Å². The van der Waals surface area contributed by atoms with Gasteiger partial charge in [-0.05, 0) is 12.8 Å². The monoisotopic (exact) mass is 156 g/mol. The van der Waals surface area contributed by atoms with Crippen LogP contribution < -0.4 is 0 Å². The molecule has 1 nitrogen and oxygen atoms in total. The summed E-state index contributed by atoms with van der Waals surface area (Å²) in [6.07, 6.45) is 9.26. The zero-order valence-corrected chi connectivity index (χ0v) is 7.81. The Kier molecular flexibility index (Phi) is 3.92. The molecule has 1 heterocycles. The minimum absolute atomic E-state index is 0.622. The molecule has 66 valence electrons. The number of hydrogen-bond donors (Lipinski definition) is 0. The number of hydrogen-bond acceptors (Lipinski definition) is 1. The SMILES string of the molecule is CCCCCC[C@H]1O[C@H]1CC. The minimum Gasteiger partial charge on any atom is -0.370 e. The molecule has 0 amide bonds. The van der Waals surface area contributed by atoms with Crippen molar-refractivity contribution >= 4 is 0 Å². The molecule has 11 heavy (non-hydrogen) atoms. The number of ether oxygens (including phenoxy) is 1. The molecule has 0 saturated carbocycles. The maximum atomic E-state index is 5.45. The van der Waals surface area contributed by atoms with E-state index in [1.165, 1.54) is 38.5 Å². The highest BCUT2D eigenvalue weighted by Gasteiger charge is 2.35. The van der Waals surface area contributed by atoms with E-state index in [0.717, 1.165) is 0 Å². The first-order chi connectivity index (χ1) is 5.38. The first-order valence-electron chi connectivity index (χ1n) is 5.04. The maximum absolute atomic E-state index is 5.45. The molecule has 0 spiro atoms. The van der Waals surface area contributed by atoms with E-state index in [0.29, 0.717) is 12.2 Å². The Morgan fingerprint density at radius 3 is 2.36 bits per heavy atom. The molecule has 1 aliphatic heterocycles. The van der Waals surface area contributed by atoms with Crippen LogP contribution in [-0.2, 0) is 4.74 Å². The molecule has 0 aromatic carbocycles. The molecular weight excluding hydrogens is 136 g/mol. The van der Waals surface area contributed by atoms with Crippen molar-refractivity contribution in [2.45, 2.75) is 64.6 Å². The summed E-state index contributed by atoms with van der Waals surface area (Å²) in [4.78, 5) is 0. The Hall–Kier alpha value is -0.0400. The standard InChI is InChI=1S/C10H20O/c1-3-5-6-7-8-10-9(4-2)11-10/h9-10H,3-8H2,1-2H3/t9-,10+/m0/s1. The van der Waals surface area contributed by atoms with Gasteiger partial charge in [0.25, 0.3) is 0 Å². The Labute approximate surface area is 70.1 Å². The lowest BCUT2D eigenvalue weighted by Crippen LogP contribution is -1.91. The maximum Gasteiger partial charge on any atom is 0.0841 e. The average Bonchev–Trinajstić information content (AvgIpc) is 2.77. The van der Waals surface area contributed by atoms with Gasteiger partial charge in [-0.3, -0.25) is 0 Å². The molecule has 1 rings (SSSR count). The summed E-state index contributed by atoms with van der Waals surface area (Å²) in [7, 11) is 0. The van der Waals surface area contributed by atoms with Crippen LogP contribution in [0.25, 0.3) is 0 Å². The molecule has 0 N–H and O–H groups in total. The van der Waals surface area contributed by atoms with Crippen molar-refractivity contribution in [2.75, 3.05) is 0 Å². The summed E-state index contributed by atoms with van der Waals surface area (Å²) in [6.45, 7) is 4.46. The summed E-state index contributed by atoms with van der Waals surface area (Å²) >= 11 is 0. The van der Waals surface area contributed by atoms with E-state index in [9.17, 15) is 0 Å². The zero-order valence-electron chi connectivity index (χ0n) is 7.81. The molecule has 0 aromatic heterocycles. The fourth-order valence-electron chi connectivity index (χ4n) is 1.56. The molecule has 0 aliphatic carbocycles. The van der Waals surface area contributed by atoms with Crippen molar-refractivity contribution in [3.63, 3.8) is 0 Å². The third kappa shape index (κ3) is 3.24. The molecule has 1 fully saturated rings. The Bertz CT molecular complexity index is 101. The van der Waals surface area contributed by atoms with Crippen molar-refractivity contribution in [2.24, 2.45) is 0 Å². The predicted octanol–water partition coefficient (Wildman–Crippen LogP) is 3.13. The van der Waals surface area contributed by atoms with Gasteiger partial charge in [0.15, 0.2) is 0 Å². The van der Waals surface area contributed by atoms with Crippen molar-refractivity contribution in [3.8, 4) is 0 Å². The summed E-state index contributed by atoms with van der Waals surface area (Å²) in [5.41, 5.74) is 0. The van der Waals surface area contributed by atoms with E-state index in [1.54, 1.807) is 0 Å². The second-order valence-corrected chi connectivity index (χ2v) is 3.47. The summed E-state index contributed by atoms with van der Waals surface area (Å²) in [5.74, 6) is 0. The topological polar surface area (TPSA) is 12.5 Å². The molecular formula is C10H20O. The zero-order chi connectivity index (χ0) is 8.10. The average molecular weight is 156 g/mol. The van der Waals surface area contributed by atoms with Crippen LogP contribution in [0.2, 0.25) is 0 Å². The Morgan fingerprint density at radius 1 is 1.00 bits per heavy atom. The quantitative estimate of drug-likeness (QED) is 0.425. The van der Waals surface area contributed by atoms with Crippen molar-refractivity contribution in [1.82, 2.24) is 0 Å². The molecule has 2 atom stereocenters. The van der Waals surface area contributed by atoms with Gasteiger partial charge < -0.3 is 4.74 Å². The van der Waals surface area contributed by atoms with E-state index in [2.05, 4.69) is 13.8 Å². The third-order valence-corrected chi connectivity index (χ3v) is 2.43. The van der Waals surface area contributed by atoms with E-state index >= 15 is 0 Å². The smallest absolute Gasteiger partial charge is 0.0841 e. The number of rotatable bonds is 6. The van der Waals surface area contributed by atoms with Gasteiger partial charge in [0, 0.05) is 0 Å². The second-order valence-electron chi connectivity index (χ2n) is 3.47. The van der Waals surface area contributed by atoms with E-state index < -0.39 is 0 Å². The van der Waals surface area contributed by atoms with Gasteiger partial charge in [0.1, 0.15) is 0 Å². The largest absolute Gasteiger partial charge is 0.370 e. The van der Waals surface area contributed by atoms with Crippen LogP contribution in [0.5, 0.6) is 0 Å². The number of epoxide rings is 1. The first kappa shape index (κ1) is 9.05. The minimum atomic E-state index is 0.622. The lowest BCUT2D eigenvalue weighted by atomic mass is 10.1. The molecule has 1 saturated heterocycles. The van der Waals surface area contributed by atoms with Gasteiger partial charge in [0.2, 0.25) is 0 Å². The normalized spacial score (nSPS) is 28.9. The fourth-order valence-corrected chi connectivity index (χ4v) is 1.56. The van der Waals surface area contributed by atoms with Crippen LogP contribution in [-0.4, -0.2) is 12.2 Å². The molecule has 1 heteroatoms. The van der Waals surface area contributed by atoms with Crippen LogP contribution in [0.3, 0.4) is 0 Å². The van der Waals surface area contributed by atoms with Gasteiger partial charge in [-0.15, -0.1) is 0 Å². The van der Waals surface area contributed by atoms with Crippen LogP contribution in [0, 0.1) is 0 Å². The highest BCUT2D eigenvalue weighted by molar-refractivity contribution is 4.82. The van der Waals surface area contributed by atoms with Crippen LogP contribution >= 0.6 is 0 Å². The van der Waals surface area contributed by atoms with E-state index in [-0.39, 0.29) is 0 Å². The predicted molar refractivity (Wildman–Crippen MR) is 47.7 cm³/mol. The lowest BCUT2D eigenvalue weighted by molar-refractivity contribution is 0.355. The van der Waals surface area contributed by atoms with Gasteiger partial charge in [-0.1, -0.05) is 39.5 Å². The van der Waals surface area contributed by atoms with Crippen LogP contribution in [0.15, 0.2) is 0 Å². The fraction of sp³-hybridized carbons (Fsp3) is 1.00.